The summed E-state index contributed by atoms with van der Waals surface area (Å²) in [6.45, 7) is 0.352. The van der Waals surface area contributed by atoms with Crippen LogP contribution in [0.2, 0.25) is 0 Å². The van der Waals surface area contributed by atoms with E-state index in [1.165, 1.54) is 6.20 Å². The van der Waals surface area contributed by atoms with E-state index >= 15 is 0 Å². The Morgan fingerprint density at radius 2 is 1.62 bits per heavy atom. The van der Waals surface area contributed by atoms with Gasteiger partial charge >= 0.3 is 6.03 Å². The van der Waals surface area contributed by atoms with E-state index in [1.807, 2.05) is 30.3 Å². The van der Waals surface area contributed by atoms with Gasteiger partial charge in [-0.25, -0.2) is 22.2 Å². The molecule has 0 radical (unpaired) electrons. The first-order chi connectivity index (χ1) is 14.1. The lowest BCUT2D eigenvalue weighted by molar-refractivity contribution is 0.256. The number of hydrogen-bond acceptors (Lipinski definition) is 4. The maximum atomic E-state index is 13.0. The van der Waals surface area contributed by atoms with E-state index in [-0.39, 0.29) is 16.6 Å². The van der Waals surface area contributed by atoms with Crippen LogP contribution in [0.25, 0.3) is 11.0 Å². The van der Waals surface area contributed by atoms with E-state index in [0.717, 1.165) is 15.2 Å². The van der Waals surface area contributed by atoms with Crippen molar-refractivity contribution in [3.05, 3.63) is 84.7 Å². The van der Waals surface area contributed by atoms with Gasteiger partial charge in [0.25, 0.3) is 10.0 Å². The fourth-order valence-corrected chi connectivity index (χ4v) is 4.83. The van der Waals surface area contributed by atoms with Crippen LogP contribution in [0.4, 0.5) is 16.2 Å². The number of para-hydroxylation sites is 1. The second kappa shape index (κ2) is 6.46. The standard InChI is InChI=1S/C21H16N4O3S/c26-21-23-19-15(14-24(21)16-7-3-1-4-8-16)13-22-20-18(19)11-12-25(20)29(27,28)17-9-5-2-6-10-17/h1-13H,14H2,(H,23,26). The fraction of sp³-hybridized carbons (Fsp3) is 0.0476. The minimum absolute atomic E-state index is 0.177. The maximum Gasteiger partial charge on any atom is 0.326 e. The number of hydrogen-bond donors (Lipinski definition) is 1. The molecule has 2 aromatic heterocycles. The van der Waals surface area contributed by atoms with Gasteiger partial charge in [0.15, 0.2) is 5.65 Å². The van der Waals surface area contributed by atoms with Crippen molar-refractivity contribution >= 4 is 38.5 Å². The lowest BCUT2D eigenvalue weighted by Crippen LogP contribution is -2.38. The highest BCUT2D eigenvalue weighted by molar-refractivity contribution is 7.90. The number of urea groups is 1. The predicted octanol–water partition coefficient (Wildman–Crippen LogP) is 3.83. The van der Waals surface area contributed by atoms with Gasteiger partial charge in [-0.1, -0.05) is 36.4 Å². The highest BCUT2D eigenvalue weighted by atomic mass is 32.2. The van der Waals surface area contributed by atoms with E-state index in [9.17, 15) is 13.2 Å². The minimum Gasteiger partial charge on any atom is -0.306 e. The molecule has 1 N–H and O–H groups in total. The number of aromatic nitrogens is 2. The summed E-state index contributed by atoms with van der Waals surface area (Å²) in [5, 5.41) is 3.48. The lowest BCUT2D eigenvalue weighted by atomic mass is 10.1. The quantitative estimate of drug-likeness (QED) is 0.563. The number of carbonyl (C=O) groups excluding carboxylic acids is 1. The molecule has 0 saturated heterocycles. The van der Waals surface area contributed by atoms with Gasteiger partial charge in [-0.2, -0.15) is 0 Å². The highest BCUT2D eigenvalue weighted by Gasteiger charge is 2.28. The molecule has 8 heteroatoms. The second-order valence-corrected chi connectivity index (χ2v) is 8.49. The SMILES string of the molecule is O=C1Nc2c(cnc3c2ccn3S(=O)(=O)c2ccccc2)CN1c1ccccc1. The summed E-state index contributed by atoms with van der Waals surface area (Å²) >= 11 is 0. The van der Waals surface area contributed by atoms with Gasteiger partial charge in [0.05, 0.1) is 17.1 Å². The van der Waals surface area contributed by atoms with Gasteiger partial charge in [0.1, 0.15) is 0 Å². The molecule has 5 rings (SSSR count). The summed E-state index contributed by atoms with van der Waals surface area (Å²) in [6.07, 6.45) is 3.08. The Morgan fingerprint density at radius 1 is 0.931 bits per heavy atom. The average molecular weight is 404 g/mol. The predicted molar refractivity (Wildman–Crippen MR) is 110 cm³/mol. The topological polar surface area (TPSA) is 84.3 Å². The second-order valence-electron chi connectivity index (χ2n) is 6.68. The third-order valence-corrected chi connectivity index (χ3v) is 6.61. The number of nitrogens with zero attached hydrogens (tertiary/aromatic N) is 3. The van der Waals surface area contributed by atoms with Gasteiger partial charge in [0.2, 0.25) is 0 Å². The van der Waals surface area contributed by atoms with Crippen LogP contribution < -0.4 is 10.2 Å². The third-order valence-electron chi connectivity index (χ3n) is 4.93. The Bertz CT molecular complexity index is 1330. The molecule has 1 aliphatic rings. The van der Waals surface area contributed by atoms with Crippen molar-refractivity contribution in [1.82, 2.24) is 8.96 Å². The molecule has 0 saturated carbocycles. The van der Waals surface area contributed by atoms with Crippen LogP contribution in [0, 0.1) is 0 Å². The summed E-state index contributed by atoms with van der Waals surface area (Å²) in [6, 6.07) is 18.9. The first-order valence-corrected chi connectivity index (χ1v) is 10.4. The Kier molecular flexibility index (Phi) is 3.88. The Hall–Kier alpha value is -3.65. The number of amides is 2. The van der Waals surface area contributed by atoms with E-state index < -0.39 is 10.0 Å². The summed E-state index contributed by atoms with van der Waals surface area (Å²) in [7, 11) is -3.79. The number of fused-ring (bicyclic) bond motifs is 3. The van der Waals surface area contributed by atoms with Crippen molar-refractivity contribution in [2.24, 2.45) is 0 Å². The molecule has 2 aromatic carbocycles. The fourth-order valence-electron chi connectivity index (χ4n) is 3.50. The minimum atomic E-state index is -3.79. The highest BCUT2D eigenvalue weighted by Crippen LogP contribution is 2.34. The first-order valence-electron chi connectivity index (χ1n) is 8.99. The van der Waals surface area contributed by atoms with Crippen LogP contribution in [-0.2, 0) is 16.6 Å². The smallest absolute Gasteiger partial charge is 0.306 e. The Balaban J connectivity index is 1.60. The van der Waals surface area contributed by atoms with Crippen molar-refractivity contribution in [2.45, 2.75) is 11.4 Å². The van der Waals surface area contributed by atoms with Crippen molar-refractivity contribution in [2.75, 3.05) is 10.2 Å². The third kappa shape index (κ3) is 2.76. The van der Waals surface area contributed by atoms with Crippen LogP contribution in [0.15, 0.2) is 84.0 Å². The summed E-state index contributed by atoms with van der Waals surface area (Å²) in [5.41, 5.74) is 2.46. The molecule has 0 atom stereocenters. The number of benzene rings is 2. The van der Waals surface area contributed by atoms with E-state index in [2.05, 4.69) is 10.3 Å². The van der Waals surface area contributed by atoms with Crippen molar-refractivity contribution in [3.63, 3.8) is 0 Å². The summed E-state index contributed by atoms with van der Waals surface area (Å²) in [4.78, 5) is 18.9. The van der Waals surface area contributed by atoms with E-state index in [4.69, 9.17) is 0 Å². The lowest BCUT2D eigenvalue weighted by Gasteiger charge is -2.29. The van der Waals surface area contributed by atoms with Crippen LogP contribution in [0.1, 0.15) is 5.56 Å². The van der Waals surface area contributed by atoms with E-state index in [0.29, 0.717) is 17.6 Å². The van der Waals surface area contributed by atoms with Crippen molar-refractivity contribution in [3.8, 4) is 0 Å². The Morgan fingerprint density at radius 3 is 2.34 bits per heavy atom. The number of carbonyl (C=O) groups is 1. The zero-order valence-corrected chi connectivity index (χ0v) is 16.0. The molecular weight excluding hydrogens is 388 g/mol. The average Bonchev–Trinajstić information content (AvgIpc) is 3.20. The maximum absolute atomic E-state index is 13.0. The number of anilines is 2. The summed E-state index contributed by atoms with van der Waals surface area (Å²) in [5.74, 6) is 0. The Labute approximate surface area is 167 Å². The monoisotopic (exact) mass is 404 g/mol. The molecule has 0 spiro atoms. The van der Waals surface area contributed by atoms with Crippen LogP contribution >= 0.6 is 0 Å². The molecule has 29 heavy (non-hydrogen) atoms. The molecular formula is C21H16N4O3S. The van der Waals surface area contributed by atoms with Gasteiger partial charge in [-0.3, -0.25) is 4.90 Å². The molecule has 2 amide bonds. The molecule has 3 heterocycles. The van der Waals surface area contributed by atoms with Gasteiger partial charge in [-0.15, -0.1) is 0 Å². The van der Waals surface area contributed by atoms with Crippen LogP contribution in [-0.4, -0.2) is 23.4 Å². The normalized spacial score (nSPS) is 13.9. The van der Waals surface area contributed by atoms with E-state index in [1.54, 1.807) is 47.5 Å². The molecule has 4 aromatic rings. The van der Waals surface area contributed by atoms with Gasteiger partial charge in [0, 0.05) is 29.0 Å². The van der Waals surface area contributed by atoms with Crippen molar-refractivity contribution < 1.29 is 13.2 Å². The zero-order chi connectivity index (χ0) is 20.0. The number of rotatable bonds is 3. The van der Waals surface area contributed by atoms with Crippen LogP contribution in [0.5, 0.6) is 0 Å². The largest absolute Gasteiger partial charge is 0.326 e. The molecule has 0 unspecified atom stereocenters. The van der Waals surface area contributed by atoms with Gasteiger partial charge < -0.3 is 5.32 Å². The molecule has 0 fully saturated rings. The van der Waals surface area contributed by atoms with Crippen molar-refractivity contribution in [1.29, 1.82) is 0 Å². The van der Waals surface area contributed by atoms with Crippen LogP contribution in [0.3, 0.4) is 0 Å². The van der Waals surface area contributed by atoms with Gasteiger partial charge in [-0.05, 0) is 30.3 Å². The molecule has 0 aliphatic carbocycles. The molecule has 144 valence electrons. The summed E-state index contributed by atoms with van der Waals surface area (Å²) < 4.78 is 27.2. The molecule has 7 nitrogen and oxygen atoms in total. The zero-order valence-electron chi connectivity index (χ0n) is 15.2. The molecule has 0 bridgehead atoms. The molecule has 1 aliphatic heterocycles. The number of nitrogens with one attached hydrogen (secondary N) is 1. The first kappa shape index (κ1) is 17.4. The number of pyridine rings is 1.